The van der Waals surface area contributed by atoms with Gasteiger partial charge in [-0.25, -0.2) is 4.79 Å². The predicted molar refractivity (Wildman–Crippen MR) is 103 cm³/mol. The number of ether oxygens (including phenoxy) is 4. The minimum atomic E-state index is -0.346. The van der Waals surface area contributed by atoms with Crippen molar-refractivity contribution in [3.8, 4) is 17.2 Å². The van der Waals surface area contributed by atoms with E-state index in [1.807, 2.05) is 24.3 Å². The Morgan fingerprint density at radius 1 is 1.04 bits per heavy atom. The topological polar surface area (TPSA) is 69.3 Å². The van der Waals surface area contributed by atoms with E-state index in [9.17, 15) is 4.79 Å². The minimum Gasteiger partial charge on any atom is -0.493 e. The summed E-state index contributed by atoms with van der Waals surface area (Å²) in [5.74, 6) is 1.49. The van der Waals surface area contributed by atoms with Gasteiger partial charge in [0.2, 0.25) is 5.75 Å². The van der Waals surface area contributed by atoms with Crippen molar-refractivity contribution in [1.29, 1.82) is 0 Å². The summed E-state index contributed by atoms with van der Waals surface area (Å²) in [4.78, 5) is 14.0. The lowest BCUT2D eigenvalue weighted by Crippen LogP contribution is -2.33. The van der Waals surface area contributed by atoms with Gasteiger partial charge in [-0.05, 0) is 35.9 Å². The van der Waals surface area contributed by atoms with Crippen LogP contribution >= 0.6 is 0 Å². The van der Waals surface area contributed by atoms with Crippen LogP contribution in [0.4, 0.5) is 11.4 Å². The van der Waals surface area contributed by atoms with Gasteiger partial charge in [0.1, 0.15) is 0 Å². The van der Waals surface area contributed by atoms with Gasteiger partial charge in [-0.15, -0.1) is 0 Å². The zero-order valence-corrected chi connectivity index (χ0v) is 16.0. The molecule has 144 valence electrons. The quantitative estimate of drug-likeness (QED) is 0.782. The maximum absolute atomic E-state index is 11.8. The normalized spacial score (nSPS) is 12.7. The van der Waals surface area contributed by atoms with Gasteiger partial charge in [-0.3, -0.25) is 0 Å². The van der Waals surface area contributed by atoms with Gasteiger partial charge in [0.05, 0.1) is 45.4 Å². The summed E-state index contributed by atoms with van der Waals surface area (Å²) in [6.45, 7) is 2.28. The molecule has 7 heteroatoms. The van der Waals surface area contributed by atoms with E-state index < -0.39 is 0 Å². The molecular weight excluding hydrogens is 348 g/mol. The van der Waals surface area contributed by atoms with Gasteiger partial charge < -0.3 is 29.2 Å². The van der Waals surface area contributed by atoms with Crippen molar-refractivity contribution in [3.05, 3.63) is 41.5 Å². The smallest absolute Gasteiger partial charge is 0.337 e. The number of carbonyl (C=O) groups is 1. The van der Waals surface area contributed by atoms with E-state index in [1.165, 1.54) is 7.11 Å². The number of hydrogen-bond donors (Lipinski definition) is 1. The molecule has 1 aliphatic heterocycles. The van der Waals surface area contributed by atoms with Crippen LogP contribution in [0.15, 0.2) is 30.3 Å². The van der Waals surface area contributed by atoms with Crippen molar-refractivity contribution in [1.82, 2.24) is 0 Å². The van der Waals surface area contributed by atoms with Crippen LogP contribution in [0.25, 0.3) is 0 Å². The highest BCUT2D eigenvalue weighted by atomic mass is 16.5. The summed E-state index contributed by atoms with van der Waals surface area (Å²) in [6.07, 6.45) is 0. The molecular formula is C20H24N2O5. The van der Waals surface area contributed by atoms with Crippen molar-refractivity contribution >= 4 is 17.3 Å². The summed E-state index contributed by atoms with van der Waals surface area (Å²) in [6, 6.07) is 9.44. The molecule has 0 fully saturated rings. The molecule has 0 radical (unpaired) electrons. The lowest BCUT2D eigenvalue weighted by Gasteiger charge is -2.32. The molecule has 0 saturated carbocycles. The highest BCUT2D eigenvalue weighted by Gasteiger charge is 2.20. The molecule has 1 N–H and O–H groups in total. The molecule has 0 bridgehead atoms. The summed E-state index contributed by atoms with van der Waals surface area (Å²) < 4.78 is 21.1. The van der Waals surface area contributed by atoms with Crippen LogP contribution in [0.3, 0.4) is 0 Å². The highest BCUT2D eigenvalue weighted by molar-refractivity contribution is 5.92. The van der Waals surface area contributed by atoms with Gasteiger partial charge in [0, 0.05) is 19.6 Å². The standard InChI is InChI=1S/C20H24N2O5/c1-24-17-9-13(10-18(25-2)19(17)26-3)12-22-8-7-21-15-11-14(20(23)27-4)5-6-16(15)22/h5-6,9-11,21H,7-8,12H2,1-4H3. The third kappa shape index (κ3) is 3.72. The van der Waals surface area contributed by atoms with Gasteiger partial charge >= 0.3 is 5.97 Å². The first kappa shape index (κ1) is 18.7. The summed E-state index contributed by atoms with van der Waals surface area (Å²) in [7, 11) is 6.18. The number of carbonyl (C=O) groups excluding carboxylic acids is 1. The van der Waals surface area contributed by atoms with Gasteiger partial charge in [0.25, 0.3) is 0 Å². The van der Waals surface area contributed by atoms with E-state index in [0.717, 1.165) is 30.0 Å². The maximum Gasteiger partial charge on any atom is 0.337 e. The molecule has 3 rings (SSSR count). The summed E-state index contributed by atoms with van der Waals surface area (Å²) in [5, 5.41) is 3.34. The summed E-state index contributed by atoms with van der Waals surface area (Å²) in [5.41, 5.74) is 3.51. The van der Waals surface area contributed by atoms with E-state index >= 15 is 0 Å². The number of hydrogen-bond acceptors (Lipinski definition) is 7. The van der Waals surface area contributed by atoms with Gasteiger partial charge in [0.15, 0.2) is 11.5 Å². The number of benzene rings is 2. The number of rotatable bonds is 6. The first-order chi connectivity index (χ1) is 13.1. The van der Waals surface area contributed by atoms with Crippen LogP contribution in [0, 0.1) is 0 Å². The molecule has 2 aromatic carbocycles. The number of nitrogens with one attached hydrogen (secondary N) is 1. The molecule has 0 spiro atoms. The fourth-order valence-electron chi connectivity index (χ4n) is 3.26. The van der Waals surface area contributed by atoms with E-state index in [0.29, 0.717) is 29.4 Å². The van der Waals surface area contributed by atoms with Crippen LogP contribution in [0.2, 0.25) is 0 Å². The lowest BCUT2D eigenvalue weighted by molar-refractivity contribution is 0.0601. The van der Waals surface area contributed by atoms with Gasteiger partial charge in [-0.1, -0.05) is 0 Å². The van der Waals surface area contributed by atoms with E-state index in [4.69, 9.17) is 18.9 Å². The Hall–Kier alpha value is -3.09. The number of fused-ring (bicyclic) bond motifs is 1. The minimum absolute atomic E-state index is 0.346. The second-order valence-corrected chi connectivity index (χ2v) is 6.11. The molecule has 0 aliphatic carbocycles. The second kappa shape index (κ2) is 8.07. The SMILES string of the molecule is COC(=O)c1ccc2c(c1)NCCN2Cc1cc(OC)c(OC)c(OC)c1. The first-order valence-electron chi connectivity index (χ1n) is 8.61. The molecule has 0 amide bonds. The Morgan fingerprint density at radius 3 is 2.33 bits per heavy atom. The second-order valence-electron chi connectivity index (χ2n) is 6.11. The fourth-order valence-corrected chi connectivity index (χ4v) is 3.26. The van der Waals surface area contributed by atoms with Crippen LogP contribution in [-0.4, -0.2) is 47.5 Å². The van der Waals surface area contributed by atoms with Crippen LogP contribution in [-0.2, 0) is 11.3 Å². The van der Waals surface area contributed by atoms with Crippen LogP contribution < -0.4 is 24.4 Å². The largest absolute Gasteiger partial charge is 0.493 e. The van der Waals surface area contributed by atoms with Crippen molar-refractivity contribution in [2.24, 2.45) is 0 Å². The average molecular weight is 372 g/mol. The monoisotopic (exact) mass is 372 g/mol. The van der Waals surface area contributed by atoms with E-state index in [2.05, 4.69) is 10.2 Å². The van der Waals surface area contributed by atoms with E-state index in [-0.39, 0.29) is 5.97 Å². The molecule has 0 atom stereocenters. The Balaban J connectivity index is 1.91. The van der Waals surface area contributed by atoms with E-state index in [1.54, 1.807) is 27.4 Å². The predicted octanol–water partition coefficient (Wildman–Crippen LogP) is 2.93. The zero-order chi connectivity index (χ0) is 19.4. The van der Waals surface area contributed by atoms with Crippen molar-refractivity contribution in [2.45, 2.75) is 6.54 Å². The summed E-state index contributed by atoms with van der Waals surface area (Å²) >= 11 is 0. The molecule has 1 aliphatic rings. The maximum atomic E-state index is 11.8. The highest BCUT2D eigenvalue weighted by Crippen LogP contribution is 2.39. The Bertz CT molecular complexity index is 812. The molecule has 0 aromatic heterocycles. The number of anilines is 2. The molecule has 7 nitrogen and oxygen atoms in total. The molecule has 0 saturated heterocycles. The number of methoxy groups -OCH3 is 4. The zero-order valence-electron chi connectivity index (χ0n) is 16.0. The lowest BCUT2D eigenvalue weighted by atomic mass is 10.1. The fraction of sp³-hybridized carbons (Fsp3) is 0.350. The van der Waals surface area contributed by atoms with Gasteiger partial charge in [-0.2, -0.15) is 0 Å². The molecule has 27 heavy (non-hydrogen) atoms. The third-order valence-corrected chi connectivity index (χ3v) is 4.55. The molecule has 0 unspecified atom stereocenters. The Labute approximate surface area is 158 Å². The number of nitrogens with zero attached hydrogens (tertiary/aromatic N) is 1. The Kier molecular flexibility index (Phi) is 5.59. The number of esters is 1. The van der Waals surface area contributed by atoms with Crippen molar-refractivity contribution < 1.29 is 23.7 Å². The first-order valence-corrected chi connectivity index (χ1v) is 8.61. The third-order valence-electron chi connectivity index (χ3n) is 4.55. The average Bonchev–Trinajstić information content (AvgIpc) is 2.72. The Morgan fingerprint density at radius 2 is 1.74 bits per heavy atom. The molecule has 1 heterocycles. The van der Waals surface area contributed by atoms with Crippen LogP contribution in [0.1, 0.15) is 15.9 Å². The van der Waals surface area contributed by atoms with Crippen molar-refractivity contribution in [3.63, 3.8) is 0 Å². The van der Waals surface area contributed by atoms with Crippen LogP contribution in [0.5, 0.6) is 17.2 Å². The van der Waals surface area contributed by atoms with Crippen molar-refractivity contribution in [2.75, 3.05) is 51.7 Å². The molecule has 2 aromatic rings.